The Hall–Kier alpha value is -4.13. The Labute approximate surface area is 216 Å². The zero-order valence-corrected chi connectivity index (χ0v) is 21.4. The van der Waals surface area contributed by atoms with Gasteiger partial charge in [-0.25, -0.2) is 4.39 Å². The molecule has 7 heteroatoms. The summed E-state index contributed by atoms with van der Waals surface area (Å²) in [4.78, 5) is 33.3. The van der Waals surface area contributed by atoms with Gasteiger partial charge < -0.3 is 19.5 Å². The van der Waals surface area contributed by atoms with Crippen molar-refractivity contribution in [2.75, 3.05) is 20.2 Å². The zero-order valence-electron chi connectivity index (χ0n) is 21.4. The van der Waals surface area contributed by atoms with E-state index in [1.165, 1.54) is 23.1 Å². The molecule has 192 valence electrons. The Kier molecular flexibility index (Phi) is 8.23. The number of rotatable bonds is 10. The number of amides is 2. The molecule has 4 aromatic rings. The molecule has 0 saturated carbocycles. The number of aromatic amines is 1. The molecule has 0 radical (unpaired) electrons. The summed E-state index contributed by atoms with van der Waals surface area (Å²) in [5.41, 5.74) is 2.98. The fourth-order valence-corrected chi connectivity index (χ4v) is 4.45. The number of benzene rings is 3. The van der Waals surface area contributed by atoms with E-state index in [1.807, 2.05) is 62.5 Å². The highest BCUT2D eigenvalue weighted by atomic mass is 19.1. The summed E-state index contributed by atoms with van der Waals surface area (Å²) < 4.78 is 19.9. The van der Waals surface area contributed by atoms with E-state index in [-0.39, 0.29) is 24.1 Å². The van der Waals surface area contributed by atoms with Crippen LogP contribution in [0.15, 0.2) is 79.0 Å². The molecule has 4 rings (SSSR count). The van der Waals surface area contributed by atoms with Crippen LogP contribution in [0.1, 0.15) is 35.3 Å². The number of aromatic nitrogens is 1. The van der Waals surface area contributed by atoms with Crippen molar-refractivity contribution in [1.29, 1.82) is 0 Å². The van der Waals surface area contributed by atoms with Crippen LogP contribution >= 0.6 is 0 Å². The fourth-order valence-electron chi connectivity index (χ4n) is 4.45. The first-order valence-electron chi connectivity index (χ1n) is 12.4. The van der Waals surface area contributed by atoms with Crippen LogP contribution in [0.5, 0.6) is 5.75 Å². The van der Waals surface area contributed by atoms with E-state index in [4.69, 9.17) is 4.74 Å². The van der Waals surface area contributed by atoms with Crippen LogP contribution in [0.2, 0.25) is 0 Å². The average Bonchev–Trinajstić information content (AvgIpc) is 3.32. The Morgan fingerprint density at radius 1 is 0.946 bits per heavy atom. The van der Waals surface area contributed by atoms with Crippen molar-refractivity contribution in [2.45, 2.75) is 32.9 Å². The van der Waals surface area contributed by atoms with Crippen molar-refractivity contribution in [3.05, 3.63) is 102 Å². The SMILES string of the molecule is COc1ccccc1CN(CCc1c[nH]c2ccccc12)C(=O)CN(C(=O)c1ccccc1F)C(C)C. The molecule has 0 bridgehead atoms. The molecule has 37 heavy (non-hydrogen) atoms. The minimum Gasteiger partial charge on any atom is -0.496 e. The number of ether oxygens (including phenoxy) is 1. The Morgan fingerprint density at radius 2 is 1.65 bits per heavy atom. The predicted octanol–water partition coefficient (Wildman–Crippen LogP) is 5.44. The van der Waals surface area contributed by atoms with Gasteiger partial charge in [0.25, 0.3) is 5.91 Å². The number of methoxy groups -OCH3 is 1. The van der Waals surface area contributed by atoms with Crippen LogP contribution < -0.4 is 4.74 Å². The van der Waals surface area contributed by atoms with Gasteiger partial charge in [0.15, 0.2) is 0 Å². The molecule has 6 nitrogen and oxygen atoms in total. The number of nitrogens with one attached hydrogen (secondary N) is 1. The molecule has 1 N–H and O–H groups in total. The maximum atomic E-state index is 14.4. The zero-order chi connectivity index (χ0) is 26.4. The van der Waals surface area contributed by atoms with Gasteiger partial charge in [-0.3, -0.25) is 9.59 Å². The van der Waals surface area contributed by atoms with Gasteiger partial charge in [-0.1, -0.05) is 48.5 Å². The normalized spacial score (nSPS) is 11.1. The molecule has 0 fully saturated rings. The molecular weight excluding hydrogens is 469 g/mol. The molecule has 1 heterocycles. The van der Waals surface area contributed by atoms with Crippen molar-refractivity contribution < 1.29 is 18.7 Å². The number of nitrogens with zero attached hydrogens (tertiary/aromatic N) is 2. The average molecular weight is 502 g/mol. The van der Waals surface area contributed by atoms with E-state index in [9.17, 15) is 14.0 Å². The van der Waals surface area contributed by atoms with E-state index in [0.717, 1.165) is 22.0 Å². The van der Waals surface area contributed by atoms with Crippen molar-refractivity contribution in [3.63, 3.8) is 0 Å². The van der Waals surface area contributed by atoms with Gasteiger partial charge >= 0.3 is 0 Å². The molecule has 3 aromatic carbocycles. The quantitative estimate of drug-likeness (QED) is 0.315. The summed E-state index contributed by atoms with van der Waals surface area (Å²) in [5, 5.41) is 1.12. The maximum Gasteiger partial charge on any atom is 0.257 e. The first-order valence-corrected chi connectivity index (χ1v) is 12.4. The lowest BCUT2D eigenvalue weighted by Crippen LogP contribution is -2.46. The third kappa shape index (κ3) is 6.00. The van der Waals surface area contributed by atoms with Crippen molar-refractivity contribution in [3.8, 4) is 5.75 Å². The standard InChI is InChI=1S/C30H32FN3O3/c1-21(2)34(30(36)25-12-5-7-13-26(25)31)20-29(35)33(19-23-10-4-9-15-28(23)37-3)17-16-22-18-32-27-14-8-6-11-24(22)27/h4-15,18,21,32H,16-17,19-20H2,1-3H3. The highest BCUT2D eigenvalue weighted by Crippen LogP contribution is 2.22. The molecule has 0 unspecified atom stereocenters. The number of fused-ring (bicyclic) bond motifs is 1. The van der Waals surface area contributed by atoms with E-state index in [1.54, 1.807) is 18.1 Å². The monoisotopic (exact) mass is 501 g/mol. The fraction of sp³-hybridized carbons (Fsp3) is 0.267. The lowest BCUT2D eigenvalue weighted by Gasteiger charge is -2.30. The summed E-state index contributed by atoms with van der Waals surface area (Å²) in [6.45, 7) is 4.25. The summed E-state index contributed by atoms with van der Waals surface area (Å²) in [6.07, 6.45) is 2.60. The third-order valence-electron chi connectivity index (χ3n) is 6.53. The molecule has 0 aliphatic heterocycles. The third-order valence-corrected chi connectivity index (χ3v) is 6.53. The Morgan fingerprint density at radius 3 is 2.41 bits per heavy atom. The first kappa shape index (κ1) is 25.9. The number of carbonyl (C=O) groups is 2. The second-order valence-corrected chi connectivity index (χ2v) is 9.24. The Bertz CT molecular complexity index is 1380. The van der Waals surface area contributed by atoms with Gasteiger partial charge in [-0.05, 0) is 50.1 Å². The highest BCUT2D eigenvalue weighted by Gasteiger charge is 2.26. The second kappa shape index (κ2) is 11.7. The van der Waals surface area contributed by atoms with Gasteiger partial charge in [0.05, 0.1) is 12.7 Å². The van der Waals surface area contributed by atoms with Crippen molar-refractivity contribution >= 4 is 22.7 Å². The minimum absolute atomic E-state index is 0.0425. The first-order chi connectivity index (χ1) is 17.9. The molecule has 0 atom stereocenters. The molecule has 2 amide bonds. The van der Waals surface area contributed by atoms with Crippen LogP contribution in [-0.2, 0) is 17.8 Å². The molecule has 0 saturated heterocycles. The van der Waals surface area contributed by atoms with Crippen molar-refractivity contribution in [2.24, 2.45) is 0 Å². The van der Waals surface area contributed by atoms with E-state index < -0.39 is 11.7 Å². The number of halogens is 1. The topological polar surface area (TPSA) is 65.6 Å². The molecule has 0 aliphatic carbocycles. The van der Waals surface area contributed by atoms with Crippen LogP contribution in [0.3, 0.4) is 0 Å². The van der Waals surface area contributed by atoms with Gasteiger partial charge in [-0.15, -0.1) is 0 Å². The Balaban J connectivity index is 1.58. The van der Waals surface area contributed by atoms with Crippen molar-refractivity contribution in [1.82, 2.24) is 14.8 Å². The van der Waals surface area contributed by atoms with Gasteiger partial charge in [-0.2, -0.15) is 0 Å². The predicted molar refractivity (Wildman–Crippen MR) is 143 cm³/mol. The second-order valence-electron chi connectivity index (χ2n) is 9.24. The van der Waals surface area contributed by atoms with Gasteiger partial charge in [0.1, 0.15) is 18.1 Å². The highest BCUT2D eigenvalue weighted by molar-refractivity contribution is 5.97. The van der Waals surface area contributed by atoms with Crippen LogP contribution in [0, 0.1) is 5.82 Å². The number of hydrogen-bond donors (Lipinski definition) is 1. The van der Waals surface area contributed by atoms with Crippen LogP contribution in [-0.4, -0.2) is 52.8 Å². The number of para-hydroxylation sites is 2. The molecular formula is C30H32FN3O3. The summed E-state index contributed by atoms with van der Waals surface area (Å²) in [5.74, 6) is -0.634. The lowest BCUT2D eigenvalue weighted by molar-refractivity contribution is -0.132. The number of carbonyl (C=O) groups excluding carboxylic acids is 2. The summed E-state index contributed by atoms with van der Waals surface area (Å²) >= 11 is 0. The van der Waals surface area contributed by atoms with Crippen LogP contribution in [0.25, 0.3) is 10.9 Å². The van der Waals surface area contributed by atoms with E-state index in [0.29, 0.717) is 25.3 Å². The van der Waals surface area contributed by atoms with Gasteiger partial charge in [0, 0.05) is 41.8 Å². The summed E-state index contributed by atoms with van der Waals surface area (Å²) in [6, 6.07) is 21.2. The summed E-state index contributed by atoms with van der Waals surface area (Å²) in [7, 11) is 1.60. The van der Waals surface area contributed by atoms with Gasteiger partial charge in [0.2, 0.25) is 5.91 Å². The van der Waals surface area contributed by atoms with E-state index in [2.05, 4.69) is 11.1 Å². The lowest BCUT2D eigenvalue weighted by atomic mass is 10.1. The van der Waals surface area contributed by atoms with E-state index >= 15 is 0 Å². The number of H-pyrrole nitrogens is 1. The smallest absolute Gasteiger partial charge is 0.257 e. The maximum absolute atomic E-state index is 14.4. The number of hydrogen-bond acceptors (Lipinski definition) is 3. The molecule has 0 aliphatic rings. The van der Waals surface area contributed by atoms with Crippen LogP contribution in [0.4, 0.5) is 4.39 Å². The molecule has 1 aromatic heterocycles. The minimum atomic E-state index is -0.601. The molecule has 0 spiro atoms. The largest absolute Gasteiger partial charge is 0.496 e.